The fourth-order valence-corrected chi connectivity index (χ4v) is 0. The molecule has 0 aliphatic carbocycles. The van der Waals surface area contributed by atoms with Gasteiger partial charge in [0.1, 0.15) is 0 Å². The Morgan fingerprint density at radius 2 is 1.20 bits per heavy atom. The minimum Gasteiger partial charge on any atom is -0.870 e. The molecule has 0 bridgehead atoms. The Labute approximate surface area is 65.7 Å². The molecular formula is CH4LiNaO2. The molecule has 0 radical (unpaired) electrons. The summed E-state index contributed by atoms with van der Waals surface area (Å²) in [5.41, 5.74) is 0. The van der Waals surface area contributed by atoms with Crippen molar-refractivity contribution < 1.29 is 59.0 Å². The maximum Gasteiger partial charge on any atom is 1.00 e. The average molecular weight is 78.0 g/mol. The largest absolute Gasteiger partial charge is 1.00 e. The average Bonchev–Trinajstić information content (AvgIpc) is 1.00. The topological polar surface area (TPSA) is 53.1 Å². The third kappa shape index (κ3) is 29.6. The Morgan fingerprint density at radius 3 is 1.20 bits per heavy atom. The Kier molecular flexibility index (Phi) is 306. The number of hydrogen-bond acceptors (Lipinski definition) is 2. The monoisotopic (exact) mass is 78.0 g/mol. The van der Waals surface area contributed by atoms with Gasteiger partial charge in [-0.1, -0.05) is 0 Å². The molecule has 1 N–H and O–H groups in total. The summed E-state index contributed by atoms with van der Waals surface area (Å²) in [4.78, 5) is 0. The van der Waals surface area contributed by atoms with Crippen molar-refractivity contribution in [2.24, 2.45) is 0 Å². The van der Waals surface area contributed by atoms with Gasteiger partial charge in [0.2, 0.25) is 0 Å². The fraction of sp³-hybridized carbons (Fsp3) is 1.00. The molecule has 0 rings (SSSR count). The molecule has 0 aliphatic heterocycles. The van der Waals surface area contributed by atoms with Crippen molar-refractivity contribution in [1.82, 2.24) is 0 Å². The standard InChI is InChI=1S/CH3O.Li.Na.H2O/c1-2;;;/h1H3;;;1H2/q-1;2*+1;/p-1. The zero-order chi connectivity index (χ0) is 2.00. The molecule has 2 nitrogen and oxygen atoms in total. The molecule has 0 aromatic heterocycles. The van der Waals surface area contributed by atoms with Crippen LogP contribution in [0, 0.1) is 0 Å². The van der Waals surface area contributed by atoms with E-state index in [0.29, 0.717) is 0 Å². The SMILES string of the molecule is C[O-].[Li+].[Na+].[OH-]. The van der Waals surface area contributed by atoms with E-state index in [0.717, 1.165) is 7.11 Å². The van der Waals surface area contributed by atoms with Crippen molar-refractivity contribution in [2.75, 3.05) is 7.11 Å². The van der Waals surface area contributed by atoms with E-state index < -0.39 is 0 Å². The van der Waals surface area contributed by atoms with Crippen molar-refractivity contribution in [3.63, 3.8) is 0 Å². The molecule has 0 aromatic rings. The van der Waals surface area contributed by atoms with E-state index in [-0.39, 0.29) is 53.9 Å². The van der Waals surface area contributed by atoms with Gasteiger partial charge in [0, 0.05) is 0 Å². The summed E-state index contributed by atoms with van der Waals surface area (Å²) in [7, 11) is 0.750. The van der Waals surface area contributed by atoms with E-state index in [9.17, 15) is 0 Å². The van der Waals surface area contributed by atoms with Gasteiger partial charge in [-0.05, 0) is 0 Å². The fourth-order valence-electron chi connectivity index (χ4n) is 0. The van der Waals surface area contributed by atoms with Crippen LogP contribution in [0.15, 0.2) is 0 Å². The molecule has 0 spiro atoms. The van der Waals surface area contributed by atoms with E-state index in [1.807, 2.05) is 0 Å². The first-order valence-corrected chi connectivity index (χ1v) is 0.408. The minimum atomic E-state index is 0. The summed E-state index contributed by atoms with van der Waals surface area (Å²) < 4.78 is 0. The second kappa shape index (κ2) is 48.9. The van der Waals surface area contributed by atoms with E-state index in [1.54, 1.807) is 0 Å². The summed E-state index contributed by atoms with van der Waals surface area (Å²) in [5.74, 6) is 0. The van der Waals surface area contributed by atoms with Crippen LogP contribution in [0.3, 0.4) is 0 Å². The molecule has 0 saturated heterocycles. The van der Waals surface area contributed by atoms with Gasteiger partial charge in [0.25, 0.3) is 0 Å². The Morgan fingerprint density at radius 1 is 1.20 bits per heavy atom. The van der Waals surface area contributed by atoms with E-state index >= 15 is 0 Å². The van der Waals surface area contributed by atoms with Crippen LogP contribution >= 0.6 is 0 Å². The van der Waals surface area contributed by atoms with Gasteiger partial charge in [-0.25, -0.2) is 0 Å². The molecule has 0 fully saturated rings. The summed E-state index contributed by atoms with van der Waals surface area (Å²) in [6.07, 6.45) is 0. The van der Waals surface area contributed by atoms with Gasteiger partial charge >= 0.3 is 48.4 Å². The Balaban J connectivity index is -0.00000000167. The van der Waals surface area contributed by atoms with Gasteiger partial charge in [-0.3, -0.25) is 0 Å². The molecule has 0 unspecified atom stereocenters. The third-order valence-corrected chi connectivity index (χ3v) is 0. The minimum absolute atomic E-state index is 0. The molecule has 22 valence electrons. The van der Waals surface area contributed by atoms with Gasteiger partial charge in [-0.15, -0.1) is 0 Å². The van der Waals surface area contributed by atoms with Crippen molar-refractivity contribution in [3.8, 4) is 0 Å². The van der Waals surface area contributed by atoms with E-state index in [1.165, 1.54) is 0 Å². The maximum absolute atomic E-state index is 8.25. The van der Waals surface area contributed by atoms with Gasteiger partial charge in [0.05, 0.1) is 0 Å². The Bertz CT molecular complexity index is 9.61. The summed E-state index contributed by atoms with van der Waals surface area (Å²) >= 11 is 0. The van der Waals surface area contributed by atoms with E-state index in [2.05, 4.69) is 0 Å². The van der Waals surface area contributed by atoms with Crippen LogP contribution in [0.25, 0.3) is 0 Å². The normalized spacial score (nSPS) is 1.20. The van der Waals surface area contributed by atoms with Crippen molar-refractivity contribution in [1.29, 1.82) is 0 Å². The second-order valence-corrected chi connectivity index (χ2v) is 0. The molecule has 0 amide bonds. The number of hydrogen-bond donors (Lipinski definition) is 0. The zero-order valence-electron chi connectivity index (χ0n) is 3.86. The number of rotatable bonds is 0. The van der Waals surface area contributed by atoms with Gasteiger partial charge in [-0.2, -0.15) is 7.11 Å². The maximum atomic E-state index is 8.25. The van der Waals surface area contributed by atoms with Crippen LogP contribution in [0.5, 0.6) is 0 Å². The van der Waals surface area contributed by atoms with Gasteiger partial charge < -0.3 is 10.6 Å². The van der Waals surface area contributed by atoms with Crippen LogP contribution in [-0.2, 0) is 0 Å². The van der Waals surface area contributed by atoms with Crippen molar-refractivity contribution in [2.45, 2.75) is 0 Å². The van der Waals surface area contributed by atoms with Crippen molar-refractivity contribution in [3.05, 3.63) is 0 Å². The molecule has 4 heteroatoms. The molecule has 0 aromatic carbocycles. The predicted octanol–water partition coefficient (Wildman–Crippen LogP) is -7.19. The summed E-state index contributed by atoms with van der Waals surface area (Å²) in [6.45, 7) is 0. The molecule has 0 heterocycles. The van der Waals surface area contributed by atoms with Gasteiger partial charge in [0.15, 0.2) is 0 Å². The van der Waals surface area contributed by atoms with Crippen LogP contribution in [0.1, 0.15) is 0 Å². The first kappa shape index (κ1) is 31.3. The quantitative estimate of drug-likeness (QED) is 0.270. The van der Waals surface area contributed by atoms with Crippen LogP contribution in [0.4, 0.5) is 0 Å². The smallest absolute Gasteiger partial charge is 0.870 e. The molecule has 0 aliphatic rings. The predicted molar refractivity (Wildman–Crippen MR) is 7.86 cm³/mol. The molecular weight excluding hydrogens is 73.9 g/mol. The Hall–Kier alpha value is 1.52. The van der Waals surface area contributed by atoms with Crippen LogP contribution < -0.4 is 53.5 Å². The van der Waals surface area contributed by atoms with Crippen LogP contribution in [0.2, 0.25) is 0 Å². The first-order chi connectivity index (χ1) is 1.00. The first-order valence-electron chi connectivity index (χ1n) is 0.408. The molecule has 5 heavy (non-hydrogen) atoms. The zero-order valence-corrected chi connectivity index (χ0v) is 5.86. The summed E-state index contributed by atoms with van der Waals surface area (Å²) in [5, 5.41) is 8.25. The molecule has 0 saturated carbocycles. The molecule has 0 atom stereocenters. The second-order valence-electron chi connectivity index (χ2n) is 0. The van der Waals surface area contributed by atoms with Crippen LogP contribution in [-0.4, -0.2) is 12.6 Å². The van der Waals surface area contributed by atoms with E-state index in [4.69, 9.17) is 5.11 Å². The van der Waals surface area contributed by atoms with Crippen molar-refractivity contribution >= 4 is 0 Å². The third-order valence-electron chi connectivity index (χ3n) is 0. The summed E-state index contributed by atoms with van der Waals surface area (Å²) in [6, 6.07) is 0.